The molecule has 1 aromatic carbocycles. The highest BCUT2D eigenvalue weighted by Crippen LogP contribution is 2.15. The predicted molar refractivity (Wildman–Crippen MR) is 98.5 cm³/mol. The van der Waals surface area contributed by atoms with E-state index in [9.17, 15) is 0 Å². The van der Waals surface area contributed by atoms with Gasteiger partial charge in [-0.2, -0.15) is 0 Å². The van der Waals surface area contributed by atoms with Gasteiger partial charge in [-0.3, -0.25) is 4.98 Å². The maximum atomic E-state index is 5.80. The van der Waals surface area contributed by atoms with Gasteiger partial charge in [-0.1, -0.05) is 69.4 Å². The molecular formula is C21H27NO. The smallest absolute Gasteiger partial charge is 0.119 e. The Morgan fingerprint density at radius 3 is 2.35 bits per heavy atom. The molecule has 2 nitrogen and oxygen atoms in total. The normalized spacial score (nSPS) is 11.0. The highest BCUT2D eigenvalue weighted by atomic mass is 16.5. The minimum Gasteiger partial charge on any atom is -0.494 e. The van der Waals surface area contributed by atoms with E-state index in [0.29, 0.717) is 0 Å². The molecule has 0 spiro atoms. The molecule has 1 aromatic heterocycles. The molecular weight excluding hydrogens is 282 g/mol. The first-order valence-corrected chi connectivity index (χ1v) is 8.69. The summed E-state index contributed by atoms with van der Waals surface area (Å²) in [5.41, 5.74) is 2.27. The van der Waals surface area contributed by atoms with E-state index >= 15 is 0 Å². The van der Waals surface area contributed by atoms with Gasteiger partial charge in [0.1, 0.15) is 5.75 Å². The van der Waals surface area contributed by atoms with E-state index in [1.54, 1.807) is 6.20 Å². The molecule has 0 aliphatic rings. The van der Waals surface area contributed by atoms with E-state index in [0.717, 1.165) is 24.3 Å². The van der Waals surface area contributed by atoms with Gasteiger partial charge in [0.2, 0.25) is 0 Å². The van der Waals surface area contributed by atoms with E-state index in [4.69, 9.17) is 4.74 Å². The van der Waals surface area contributed by atoms with Crippen molar-refractivity contribution in [1.29, 1.82) is 0 Å². The molecule has 1 heterocycles. The van der Waals surface area contributed by atoms with Gasteiger partial charge in [0.25, 0.3) is 0 Å². The second kappa shape index (κ2) is 10.6. The Labute approximate surface area is 140 Å². The average molecular weight is 309 g/mol. The van der Waals surface area contributed by atoms with E-state index < -0.39 is 0 Å². The van der Waals surface area contributed by atoms with Crippen LogP contribution in [0.15, 0.2) is 48.8 Å². The molecule has 0 aliphatic carbocycles. The lowest BCUT2D eigenvalue weighted by Crippen LogP contribution is -1.97. The lowest BCUT2D eigenvalue weighted by atomic mass is 10.1. The Balaban J connectivity index is 1.69. The Kier molecular flexibility index (Phi) is 7.96. The molecule has 0 amide bonds. The van der Waals surface area contributed by atoms with Gasteiger partial charge in [0, 0.05) is 12.4 Å². The van der Waals surface area contributed by atoms with E-state index in [-0.39, 0.29) is 0 Å². The predicted octanol–water partition coefficient (Wildman–Crippen LogP) is 5.99. The number of pyridine rings is 1. The van der Waals surface area contributed by atoms with Crippen molar-refractivity contribution in [1.82, 2.24) is 4.98 Å². The van der Waals surface area contributed by atoms with Crippen LogP contribution < -0.4 is 4.74 Å². The van der Waals surface area contributed by atoms with Crippen LogP contribution in [0.3, 0.4) is 0 Å². The number of unbranched alkanes of at least 4 members (excludes halogenated alkanes) is 5. The first-order valence-electron chi connectivity index (χ1n) is 8.69. The van der Waals surface area contributed by atoms with Crippen molar-refractivity contribution in [2.75, 3.05) is 6.61 Å². The number of hydrogen-bond donors (Lipinski definition) is 0. The SMILES string of the molecule is CCCCCCCCOc1ccc(/C=C/c2cccnc2)cc1. The van der Waals surface area contributed by atoms with Crippen LogP contribution in [0, 0.1) is 0 Å². The third-order valence-corrected chi connectivity index (χ3v) is 3.80. The van der Waals surface area contributed by atoms with Gasteiger partial charge in [-0.15, -0.1) is 0 Å². The maximum absolute atomic E-state index is 5.80. The summed E-state index contributed by atoms with van der Waals surface area (Å²) < 4.78 is 5.80. The lowest BCUT2D eigenvalue weighted by molar-refractivity contribution is 0.304. The summed E-state index contributed by atoms with van der Waals surface area (Å²) >= 11 is 0. The molecule has 0 saturated carbocycles. The number of nitrogens with zero attached hydrogens (tertiary/aromatic N) is 1. The number of hydrogen-bond acceptors (Lipinski definition) is 2. The van der Waals surface area contributed by atoms with E-state index in [1.807, 2.05) is 30.5 Å². The van der Waals surface area contributed by atoms with Gasteiger partial charge < -0.3 is 4.74 Å². The molecule has 122 valence electrons. The van der Waals surface area contributed by atoms with Gasteiger partial charge in [0.05, 0.1) is 6.61 Å². The monoisotopic (exact) mass is 309 g/mol. The summed E-state index contributed by atoms with van der Waals surface area (Å²) in [6.07, 6.45) is 15.6. The number of aromatic nitrogens is 1. The first kappa shape index (κ1) is 17.3. The van der Waals surface area contributed by atoms with Crippen molar-refractivity contribution in [2.24, 2.45) is 0 Å². The number of rotatable bonds is 10. The third kappa shape index (κ3) is 7.14. The van der Waals surface area contributed by atoms with Crippen LogP contribution in [0.5, 0.6) is 5.75 Å². The molecule has 23 heavy (non-hydrogen) atoms. The van der Waals surface area contributed by atoms with Gasteiger partial charge in [-0.25, -0.2) is 0 Å². The molecule has 0 bridgehead atoms. The van der Waals surface area contributed by atoms with Crippen molar-refractivity contribution in [3.63, 3.8) is 0 Å². The zero-order chi connectivity index (χ0) is 16.2. The molecule has 0 aliphatic heterocycles. The average Bonchev–Trinajstić information content (AvgIpc) is 2.61. The summed E-state index contributed by atoms with van der Waals surface area (Å²) in [5.74, 6) is 0.956. The standard InChI is InChI=1S/C21H27NO/c1-2-3-4-5-6-7-17-23-21-14-12-19(13-15-21)10-11-20-9-8-16-22-18-20/h8-16,18H,2-7,17H2,1H3/b11-10+. The van der Waals surface area contributed by atoms with Crippen molar-refractivity contribution >= 4 is 12.2 Å². The fourth-order valence-electron chi connectivity index (χ4n) is 2.41. The van der Waals surface area contributed by atoms with Crippen molar-refractivity contribution in [3.8, 4) is 5.75 Å². The zero-order valence-corrected chi connectivity index (χ0v) is 14.1. The van der Waals surface area contributed by atoms with Crippen molar-refractivity contribution in [2.45, 2.75) is 45.4 Å². The van der Waals surface area contributed by atoms with E-state index in [1.165, 1.54) is 37.7 Å². The van der Waals surface area contributed by atoms with Crippen LogP contribution >= 0.6 is 0 Å². The number of ether oxygens (including phenoxy) is 1. The summed E-state index contributed by atoms with van der Waals surface area (Å²) in [6.45, 7) is 3.07. The highest BCUT2D eigenvalue weighted by Gasteiger charge is 1.95. The van der Waals surface area contributed by atoms with Crippen LogP contribution in [-0.2, 0) is 0 Å². The minimum absolute atomic E-state index is 0.816. The molecule has 0 unspecified atom stereocenters. The topological polar surface area (TPSA) is 22.1 Å². The maximum Gasteiger partial charge on any atom is 0.119 e. The van der Waals surface area contributed by atoms with Crippen LogP contribution in [0.1, 0.15) is 56.6 Å². The largest absolute Gasteiger partial charge is 0.494 e. The molecule has 0 saturated heterocycles. The first-order chi connectivity index (χ1) is 11.4. The van der Waals surface area contributed by atoms with Gasteiger partial charge >= 0.3 is 0 Å². The highest BCUT2D eigenvalue weighted by molar-refractivity contribution is 5.69. The number of benzene rings is 1. The van der Waals surface area contributed by atoms with Crippen LogP contribution in [0.2, 0.25) is 0 Å². The van der Waals surface area contributed by atoms with Crippen molar-refractivity contribution < 1.29 is 4.74 Å². The summed E-state index contributed by atoms with van der Waals surface area (Å²) in [4.78, 5) is 4.10. The van der Waals surface area contributed by atoms with Crippen molar-refractivity contribution in [3.05, 3.63) is 59.9 Å². The lowest BCUT2D eigenvalue weighted by Gasteiger charge is -2.06. The molecule has 2 rings (SSSR count). The quantitative estimate of drug-likeness (QED) is 0.503. The summed E-state index contributed by atoms with van der Waals surface area (Å²) in [7, 11) is 0. The van der Waals surface area contributed by atoms with Crippen LogP contribution in [0.25, 0.3) is 12.2 Å². The Morgan fingerprint density at radius 2 is 1.61 bits per heavy atom. The Hall–Kier alpha value is -2.09. The second-order valence-electron chi connectivity index (χ2n) is 5.80. The molecule has 2 heteroatoms. The van der Waals surface area contributed by atoms with Crippen LogP contribution in [-0.4, -0.2) is 11.6 Å². The Morgan fingerprint density at radius 1 is 0.870 bits per heavy atom. The fourth-order valence-corrected chi connectivity index (χ4v) is 2.41. The fraction of sp³-hybridized carbons (Fsp3) is 0.381. The summed E-state index contributed by atoms with van der Waals surface area (Å²) in [6, 6.07) is 12.2. The molecule has 0 atom stereocenters. The molecule has 2 aromatic rings. The van der Waals surface area contributed by atoms with Gasteiger partial charge in [0.15, 0.2) is 0 Å². The van der Waals surface area contributed by atoms with E-state index in [2.05, 4.69) is 36.2 Å². The molecule has 0 fully saturated rings. The third-order valence-electron chi connectivity index (χ3n) is 3.80. The second-order valence-corrected chi connectivity index (χ2v) is 5.80. The summed E-state index contributed by atoms with van der Waals surface area (Å²) in [5, 5.41) is 0. The Bertz CT molecular complexity index is 560. The minimum atomic E-state index is 0.816. The van der Waals surface area contributed by atoms with Crippen LogP contribution in [0.4, 0.5) is 0 Å². The molecule has 0 N–H and O–H groups in total. The molecule has 0 radical (unpaired) electrons. The zero-order valence-electron chi connectivity index (χ0n) is 14.1. The van der Waals surface area contributed by atoms with Gasteiger partial charge in [-0.05, 0) is 35.7 Å².